The van der Waals surface area contributed by atoms with Gasteiger partial charge in [0.1, 0.15) is 0 Å². The van der Waals surface area contributed by atoms with Gasteiger partial charge in [0.25, 0.3) is 0 Å². The molecule has 102 valence electrons. The third kappa shape index (κ3) is 3.03. The fourth-order valence-corrected chi connectivity index (χ4v) is 3.05. The van der Waals surface area contributed by atoms with Crippen LogP contribution in [0.25, 0.3) is 0 Å². The van der Waals surface area contributed by atoms with E-state index in [2.05, 4.69) is 19.2 Å². The zero-order chi connectivity index (χ0) is 13.1. The summed E-state index contributed by atoms with van der Waals surface area (Å²) in [4.78, 5) is 25.5. The number of nitrogens with one attached hydrogen (secondary N) is 1. The van der Waals surface area contributed by atoms with Gasteiger partial charge in [0, 0.05) is 26.1 Å². The lowest BCUT2D eigenvalue weighted by Crippen LogP contribution is -2.37. The predicted molar refractivity (Wildman–Crippen MR) is 69.9 cm³/mol. The summed E-state index contributed by atoms with van der Waals surface area (Å²) in [6.45, 7) is 6.80. The molecule has 2 heterocycles. The molecule has 1 N–H and O–H groups in total. The van der Waals surface area contributed by atoms with E-state index in [4.69, 9.17) is 0 Å². The standard InChI is InChI=1S/C14H24N2O2/c1-10(2)11-4-3-6-16(7-5-11)14(18)12-8-13(17)15-9-12/h10-12H,3-9H2,1-2H3,(H,15,17). The molecule has 2 saturated heterocycles. The quantitative estimate of drug-likeness (QED) is 0.808. The van der Waals surface area contributed by atoms with Crippen molar-refractivity contribution in [1.82, 2.24) is 10.2 Å². The Bertz CT molecular complexity index is 328. The van der Waals surface area contributed by atoms with E-state index in [0.29, 0.717) is 18.9 Å². The zero-order valence-electron chi connectivity index (χ0n) is 11.4. The lowest BCUT2D eigenvalue weighted by molar-refractivity contribution is -0.135. The van der Waals surface area contributed by atoms with Gasteiger partial charge in [-0.2, -0.15) is 0 Å². The van der Waals surface area contributed by atoms with E-state index >= 15 is 0 Å². The fraction of sp³-hybridized carbons (Fsp3) is 0.857. The third-order valence-electron chi connectivity index (χ3n) is 4.35. The van der Waals surface area contributed by atoms with Gasteiger partial charge in [-0.3, -0.25) is 9.59 Å². The summed E-state index contributed by atoms with van der Waals surface area (Å²) in [7, 11) is 0. The first-order valence-electron chi connectivity index (χ1n) is 7.13. The van der Waals surface area contributed by atoms with Crippen LogP contribution < -0.4 is 5.32 Å². The first kappa shape index (κ1) is 13.4. The molecule has 4 heteroatoms. The van der Waals surface area contributed by atoms with Crippen LogP contribution in [0.15, 0.2) is 0 Å². The van der Waals surface area contributed by atoms with Crippen molar-refractivity contribution in [2.45, 2.75) is 39.5 Å². The molecule has 2 fully saturated rings. The van der Waals surface area contributed by atoms with Crippen molar-refractivity contribution in [3.63, 3.8) is 0 Å². The number of likely N-dealkylation sites (tertiary alicyclic amines) is 1. The number of rotatable bonds is 2. The molecular formula is C14H24N2O2. The van der Waals surface area contributed by atoms with E-state index in [0.717, 1.165) is 31.8 Å². The van der Waals surface area contributed by atoms with Crippen molar-refractivity contribution in [3.05, 3.63) is 0 Å². The van der Waals surface area contributed by atoms with E-state index in [1.807, 2.05) is 4.90 Å². The van der Waals surface area contributed by atoms with E-state index in [1.165, 1.54) is 6.42 Å². The van der Waals surface area contributed by atoms with Gasteiger partial charge in [0.15, 0.2) is 0 Å². The lowest BCUT2D eigenvalue weighted by Gasteiger charge is -2.23. The van der Waals surface area contributed by atoms with Gasteiger partial charge in [-0.1, -0.05) is 13.8 Å². The van der Waals surface area contributed by atoms with Crippen LogP contribution in [0.1, 0.15) is 39.5 Å². The fourth-order valence-electron chi connectivity index (χ4n) is 3.05. The summed E-state index contributed by atoms with van der Waals surface area (Å²) in [6.07, 6.45) is 3.81. The van der Waals surface area contributed by atoms with Crippen LogP contribution in [0, 0.1) is 17.8 Å². The Hall–Kier alpha value is -1.06. The second-order valence-electron chi connectivity index (χ2n) is 5.97. The normalized spacial score (nSPS) is 29.3. The number of nitrogens with zero attached hydrogens (tertiary/aromatic N) is 1. The maximum atomic E-state index is 12.3. The summed E-state index contributed by atoms with van der Waals surface area (Å²) in [5, 5.41) is 2.75. The maximum Gasteiger partial charge on any atom is 0.227 e. The molecule has 2 rings (SSSR count). The molecule has 2 unspecified atom stereocenters. The molecule has 0 bridgehead atoms. The van der Waals surface area contributed by atoms with Crippen molar-refractivity contribution < 1.29 is 9.59 Å². The molecule has 0 radical (unpaired) electrons. The summed E-state index contributed by atoms with van der Waals surface area (Å²) in [5.74, 6) is 1.52. The van der Waals surface area contributed by atoms with Crippen LogP contribution in [-0.2, 0) is 9.59 Å². The van der Waals surface area contributed by atoms with Crippen molar-refractivity contribution >= 4 is 11.8 Å². The average molecular weight is 252 g/mol. The molecule has 2 aliphatic heterocycles. The SMILES string of the molecule is CC(C)C1CCCN(C(=O)C2CNC(=O)C2)CC1. The van der Waals surface area contributed by atoms with Gasteiger partial charge < -0.3 is 10.2 Å². The molecule has 2 amide bonds. The highest BCUT2D eigenvalue weighted by molar-refractivity contribution is 5.89. The Balaban J connectivity index is 1.89. The van der Waals surface area contributed by atoms with Crippen LogP contribution in [0.4, 0.5) is 0 Å². The van der Waals surface area contributed by atoms with Crippen molar-refractivity contribution in [2.24, 2.45) is 17.8 Å². The van der Waals surface area contributed by atoms with E-state index < -0.39 is 0 Å². The van der Waals surface area contributed by atoms with E-state index in [-0.39, 0.29) is 17.7 Å². The minimum Gasteiger partial charge on any atom is -0.355 e. The van der Waals surface area contributed by atoms with Gasteiger partial charge >= 0.3 is 0 Å². The molecule has 0 aromatic rings. The Morgan fingerprint density at radius 3 is 2.72 bits per heavy atom. The van der Waals surface area contributed by atoms with Gasteiger partial charge in [0.05, 0.1) is 5.92 Å². The number of hydrogen-bond acceptors (Lipinski definition) is 2. The highest BCUT2D eigenvalue weighted by Crippen LogP contribution is 2.25. The van der Waals surface area contributed by atoms with Gasteiger partial charge in [0.2, 0.25) is 11.8 Å². The summed E-state index contributed by atoms with van der Waals surface area (Å²) < 4.78 is 0. The van der Waals surface area contributed by atoms with E-state index in [9.17, 15) is 9.59 Å². The Labute approximate surface area is 109 Å². The number of carbonyl (C=O) groups is 2. The Morgan fingerprint density at radius 2 is 2.11 bits per heavy atom. The number of carbonyl (C=O) groups excluding carboxylic acids is 2. The molecule has 0 aromatic carbocycles. The van der Waals surface area contributed by atoms with Crippen LogP contribution in [-0.4, -0.2) is 36.3 Å². The molecule has 2 atom stereocenters. The largest absolute Gasteiger partial charge is 0.355 e. The van der Waals surface area contributed by atoms with Crippen molar-refractivity contribution in [3.8, 4) is 0 Å². The summed E-state index contributed by atoms with van der Waals surface area (Å²) in [6, 6.07) is 0. The second kappa shape index (κ2) is 5.72. The summed E-state index contributed by atoms with van der Waals surface area (Å²) >= 11 is 0. The van der Waals surface area contributed by atoms with Gasteiger partial charge in [-0.25, -0.2) is 0 Å². The lowest BCUT2D eigenvalue weighted by atomic mass is 9.89. The molecule has 18 heavy (non-hydrogen) atoms. The van der Waals surface area contributed by atoms with Gasteiger partial charge in [-0.05, 0) is 31.1 Å². The van der Waals surface area contributed by atoms with Crippen molar-refractivity contribution in [2.75, 3.05) is 19.6 Å². The van der Waals surface area contributed by atoms with Crippen molar-refractivity contribution in [1.29, 1.82) is 0 Å². The summed E-state index contributed by atoms with van der Waals surface area (Å²) in [5.41, 5.74) is 0. The van der Waals surface area contributed by atoms with Crippen LogP contribution in [0.3, 0.4) is 0 Å². The van der Waals surface area contributed by atoms with Gasteiger partial charge in [-0.15, -0.1) is 0 Å². The minimum atomic E-state index is -0.118. The molecule has 0 aromatic heterocycles. The Kier molecular flexibility index (Phi) is 4.25. The smallest absolute Gasteiger partial charge is 0.227 e. The molecular weight excluding hydrogens is 228 g/mol. The third-order valence-corrected chi connectivity index (χ3v) is 4.35. The average Bonchev–Trinajstić information content (AvgIpc) is 2.63. The highest BCUT2D eigenvalue weighted by Gasteiger charge is 2.32. The highest BCUT2D eigenvalue weighted by atomic mass is 16.2. The van der Waals surface area contributed by atoms with Crippen LogP contribution in [0.5, 0.6) is 0 Å². The first-order chi connectivity index (χ1) is 8.58. The van der Waals surface area contributed by atoms with Crippen LogP contribution >= 0.6 is 0 Å². The molecule has 0 saturated carbocycles. The number of amides is 2. The minimum absolute atomic E-state index is 0.0169. The predicted octanol–water partition coefficient (Wildman–Crippen LogP) is 1.41. The zero-order valence-corrected chi connectivity index (χ0v) is 11.4. The van der Waals surface area contributed by atoms with E-state index in [1.54, 1.807) is 0 Å². The monoisotopic (exact) mass is 252 g/mol. The van der Waals surface area contributed by atoms with Crippen LogP contribution in [0.2, 0.25) is 0 Å². The second-order valence-corrected chi connectivity index (χ2v) is 5.97. The first-order valence-corrected chi connectivity index (χ1v) is 7.13. The molecule has 0 spiro atoms. The molecule has 4 nitrogen and oxygen atoms in total. The topological polar surface area (TPSA) is 49.4 Å². The Morgan fingerprint density at radius 1 is 1.33 bits per heavy atom. The molecule has 2 aliphatic rings. The number of hydrogen-bond donors (Lipinski definition) is 1. The maximum absolute atomic E-state index is 12.3. The molecule has 0 aliphatic carbocycles.